The lowest BCUT2D eigenvalue weighted by atomic mass is 9.87. The molecule has 0 aliphatic carbocycles. The molecule has 2 aromatic carbocycles. The first kappa shape index (κ1) is 25.8. The number of esters is 1. The van der Waals surface area contributed by atoms with Gasteiger partial charge in [0.15, 0.2) is 0 Å². The van der Waals surface area contributed by atoms with E-state index in [1.807, 2.05) is 11.8 Å². The number of carbonyl (C=O) groups is 1. The molecule has 0 N–H and O–H groups in total. The van der Waals surface area contributed by atoms with Crippen LogP contribution in [0.1, 0.15) is 72.1 Å². The molecule has 7 heteroatoms. The van der Waals surface area contributed by atoms with Gasteiger partial charge < -0.3 is 9.47 Å². The molecule has 1 saturated heterocycles. The second-order valence-electron chi connectivity index (χ2n) is 8.54. The molecule has 0 amide bonds. The molecule has 2 aromatic rings. The topological polar surface area (TPSA) is 38.8 Å². The zero-order chi connectivity index (χ0) is 24.7. The van der Waals surface area contributed by atoms with Gasteiger partial charge in [-0.3, -0.25) is 4.90 Å². The van der Waals surface area contributed by atoms with Crippen molar-refractivity contribution in [3.63, 3.8) is 0 Å². The van der Waals surface area contributed by atoms with E-state index in [-0.39, 0.29) is 28.2 Å². The molecule has 0 bridgehead atoms. The summed E-state index contributed by atoms with van der Waals surface area (Å²) in [6, 6.07) is 9.29. The zero-order valence-corrected chi connectivity index (χ0v) is 19.8. The zero-order valence-electron chi connectivity index (χ0n) is 19.8. The summed E-state index contributed by atoms with van der Waals surface area (Å²) in [5.74, 6) is -0.466. The van der Waals surface area contributed by atoms with Gasteiger partial charge in [0, 0.05) is 12.6 Å². The van der Waals surface area contributed by atoms with Crippen LogP contribution in [0.25, 0.3) is 0 Å². The number of unbranched alkanes of at least 4 members (excludes halogenated alkanes) is 1. The highest BCUT2D eigenvalue weighted by molar-refractivity contribution is 5.96. The molecular formula is C27H32F3NO3. The molecule has 1 atom stereocenters. The quantitative estimate of drug-likeness (QED) is 0.167. The summed E-state index contributed by atoms with van der Waals surface area (Å²) in [5, 5.41) is 0. The molecule has 1 aliphatic rings. The fourth-order valence-electron chi connectivity index (χ4n) is 4.52. The second-order valence-corrected chi connectivity index (χ2v) is 8.54. The Bertz CT molecular complexity index is 989. The molecule has 1 heterocycles. The van der Waals surface area contributed by atoms with E-state index in [0.29, 0.717) is 32.5 Å². The third-order valence-electron chi connectivity index (χ3n) is 6.10. The molecular weight excluding hydrogens is 443 g/mol. The lowest BCUT2D eigenvalue weighted by Gasteiger charge is -2.37. The molecule has 1 unspecified atom stereocenters. The van der Waals surface area contributed by atoms with Crippen LogP contribution in [-0.4, -0.2) is 30.6 Å². The fourth-order valence-corrected chi connectivity index (χ4v) is 4.52. The first-order chi connectivity index (χ1) is 16.3. The Kier molecular flexibility index (Phi) is 8.78. The normalized spacial score (nSPS) is 16.8. The Balaban J connectivity index is 2.16. The van der Waals surface area contributed by atoms with Crippen LogP contribution in [0.4, 0.5) is 13.2 Å². The van der Waals surface area contributed by atoms with Gasteiger partial charge in [-0.05, 0) is 62.1 Å². The molecule has 0 radical (unpaired) electrons. The van der Waals surface area contributed by atoms with Crippen molar-refractivity contribution in [2.45, 2.75) is 58.2 Å². The monoisotopic (exact) mass is 475 g/mol. The maximum Gasteiger partial charge on any atom is 0.417 e. The lowest BCUT2D eigenvalue weighted by molar-refractivity contribution is -0.139. The Morgan fingerprint density at radius 3 is 2.62 bits per heavy atom. The fraction of sp³-hybridized carbons (Fsp3) is 0.444. The predicted octanol–water partition coefficient (Wildman–Crippen LogP) is 7.12. The van der Waals surface area contributed by atoms with Gasteiger partial charge in [0.25, 0.3) is 0 Å². The van der Waals surface area contributed by atoms with Crippen molar-refractivity contribution >= 4 is 5.97 Å². The maximum absolute atomic E-state index is 14.5. The number of piperidine rings is 1. The van der Waals surface area contributed by atoms with Crippen molar-refractivity contribution in [3.8, 4) is 11.5 Å². The van der Waals surface area contributed by atoms with Crippen molar-refractivity contribution in [2.75, 3.05) is 19.7 Å². The van der Waals surface area contributed by atoms with Gasteiger partial charge in [-0.1, -0.05) is 44.0 Å². The van der Waals surface area contributed by atoms with Gasteiger partial charge in [0.05, 0.1) is 12.2 Å². The number of carbonyl (C=O) groups excluding carboxylic acids is 1. The first-order valence-electron chi connectivity index (χ1n) is 11.8. The largest absolute Gasteiger partial charge is 0.493 e. The van der Waals surface area contributed by atoms with Crippen LogP contribution in [0.5, 0.6) is 11.5 Å². The molecule has 1 aliphatic heterocycles. The van der Waals surface area contributed by atoms with Crippen LogP contribution in [0, 0.1) is 6.92 Å². The minimum atomic E-state index is -4.64. The molecule has 3 rings (SSSR count). The van der Waals surface area contributed by atoms with E-state index in [9.17, 15) is 18.0 Å². The SMILES string of the molecule is C=CCN1CCCCC1c1cc(OCCCC)c(C(=O)Oc2ccccc2)c(C)c1C(F)(F)F. The van der Waals surface area contributed by atoms with Crippen LogP contribution in [0.15, 0.2) is 49.1 Å². The summed E-state index contributed by atoms with van der Waals surface area (Å²) in [7, 11) is 0. The lowest BCUT2D eigenvalue weighted by Crippen LogP contribution is -2.35. The minimum Gasteiger partial charge on any atom is -0.493 e. The maximum atomic E-state index is 14.5. The van der Waals surface area contributed by atoms with E-state index in [0.717, 1.165) is 19.3 Å². The van der Waals surface area contributed by atoms with Crippen LogP contribution < -0.4 is 9.47 Å². The van der Waals surface area contributed by atoms with Crippen molar-refractivity contribution in [2.24, 2.45) is 0 Å². The van der Waals surface area contributed by atoms with Crippen molar-refractivity contribution in [1.82, 2.24) is 4.90 Å². The molecule has 4 nitrogen and oxygen atoms in total. The highest BCUT2D eigenvalue weighted by Gasteiger charge is 2.41. The first-order valence-corrected chi connectivity index (χ1v) is 11.8. The van der Waals surface area contributed by atoms with Gasteiger partial charge >= 0.3 is 12.1 Å². The second kappa shape index (κ2) is 11.6. The predicted molar refractivity (Wildman–Crippen MR) is 126 cm³/mol. The van der Waals surface area contributed by atoms with Gasteiger partial charge in [-0.2, -0.15) is 13.2 Å². The summed E-state index contributed by atoms with van der Waals surface area (Å²) in [6.45, 7) is 8.57. The number of rotatable bonds is 9. The molecule has 0 saturated carbocycles. The number of alkyl halides is 3. The average Bonchev–Trinajstić information content (AvgIpc) is 2.79. The molecule has 1 fully saturated rings. The van der Waals surface area contributed by atoms with Crippen molar-refractivity contribution in [1.29, 1.82) is 0 Å². The smallest absolute Gasteiger partial charge is 0.417 e. The Morgan fingerprint density at radius 2 is 1.97 bits per heavy atom. The molecule has 34 heavy (non-hydrogen) atoms. The van der Waals surface area contributed by atoms with Crippen LogP contribution in [-0.2, 0) is 6.18 Å². The summed E-state index contributed by atoms with van der Waals surface area (Å²) in [5.41, 5.74) is -0.978. The van der Waals surface area contributed by atoms with E-state index in [2.05, 4.69) is 6.58 Å². The standard InChI is InChI=1S/C27H32F3NO3/c1-4-6-17-33-23-18-21(22-14-10-11-16-31(22)15-5-2)25(27(28,29)30)19(3)24(23)26(32)34-20-12-8-7-9-13-20/h5,7-9,12-13,18,22H,2,4,6,10-11,14-17H2,1,3H3. The van der Waals surface area contributed by atoms with Gasteiger partial charge in [0.1, 0.15) is 17.1 Å². The number of likely N-dealkylation sites (tertiary alicyclic amines) is 1. The molecule has 184 valence electrons. The summed E-state index contributed by atoms with van der Waals surface area (Å²) < 4.78 is 54.7. The van der Waals surface area contributed by atoms with Gasteiger partial charge in [-0.15, -0.1) is 6.58 Å². The molecule has 0 aromatic heterocycles. The number of benzene rings is 2. The van der Waals surface area contributed by atoms with Crippen LogP contribution in [0.3, 0.4) is 0 Å². The Morgan fingerprint density at radius 1 is 1.24 bits per heavy atom. The van der Waals surface area contributed by atoms with E-state index in [1.54, 1.807) is 36.4 Å². The summed E-state index contributed by atoms with van der Waals surface area (Å²) in [6.07, 6.45) is 0.993. The number of halogens is 3. The third-order valence-corrected chi connectivity index (χ3v) is 6.10. The average molecular weight is 476 g/mol. The van der Waals surface area contributed by atoms with Crippen molar-refractivity contribution in [3.05, 3.63) is 71.3 Å². The van der Waals surface area contributed by atoms with Gasteiger partial charge in [0.2, 0.25) is 0 Å². The number of nitrogens with zero attached hydrogens (tertiary/aromatic N) is 1. The van der Waals surface area contributed by atoms with Gasteiger partial charge in [-0.25, -0.2) is 4.79 Å². The number of para-hydroxylation sites is 1. The van der Waals surface area contributed by atoms with E-state index >= 15 is 0 Å². The Hall–Kier alpha value is -2.80. The number of ether oxygens (including phenoxy) is 2. The highest BCUT2D eigenvalue weighted by Crippen LogP contribution is 2.45. The van der Waals surface area contributed by atoms with E-state index in [4.69, 9.17) is 9.47 Å². The van der Waals surface area contributed by atoms with Crippen LogP contribution >= 0.6 is 0 Å². The third kappa shape index (κ3) is 6.00. The summed E-state index contributed by atoms with van der Waals surface area (Å²) in [4.78, 5) is 15.1. The minimum absolute atomic E-state index is 0.138. The van der Waals surface area contributed by atoms with E-state index in [1.165, 1.54) is 13.0 Å². The van der Waals surface area contributed by atoms with E-state index < -0.39 is 23.8 Å². The molecule has 0 spiro atoms. The van der Waals surface area contributed by atoms with Crippen molar-refractivity contribution < 1.29 is 27.4 Å². The number of hydrogen-bond donors (Lipinski definition) is 0. The highest BCUT2D eigenvalue weighted by atomic mass is 19.4. The van der Waals surface area contributed by atoms with Crippen LogP contribution in [0.2, 0.25) is 0 Å². The Labute approximate surface area is 199 Å². The summed E-state index contributed by atoms with van der Waals surface area (Å²) >= 11 is 0. The number of hydrogen-bond acceptors (Lipinski definition) is 4.